The lowest BCUT2D eigenvalue weighted by Crippen LogP contribution is -2.43. The molecule has 2 aromatic carbocycles. The highest BCUT2D eigenvalue weighted by molar-refractivity contribution is 6.35. The number of hydrogen-bond acceptors (Lipinski definition) is 3. The molecule has 1 heterocycles. The second kappa shape index (κ2) is 8.76. The number of allylic oxidation sites excluding steroid dienone is 2. The molecule has 4 rings (SSSR count). The number of Topliss-reactive ketones (excluding diaryl/α,β-unsaturated/α-hetero) is 1. The third-order valence-corrected chi connectivity index (χ3v) is 6.34. The molecule has 0 fully saturated rings. The van der Waals surface area contributed by atoms with E-state index in [9.17, 15) is 9.59 Å². The van der Waals surface area contributed by atoms with Crippen LogP contribution in [0.4, 0.5) is 5.69 Å². The Kier molecular flexibility index (Phi) is 6.19. The zero-order valence-corrected chi connectivity index (χ0v) is 19.7. The number of halogens is 2. The molecule has 32 heavy (non-hydrogen) atoms. The molecule has 4 nitrogen and oxygen atoms in total. The maximum atomic E-state index is 13.4. The number of ether oxygens (including phenoxy) is 1. The van der Waals surface area contributed by atoms with Crippen molar-refractivity contribution < 1.29 is 14.3 Å². The van der Waals surface area contributed by atoms with Crippen LogP contribution in [0.25, 0.3) is 0 Å². The van der Waals surface area contributed by atoms with Crippen LogP contribution in [-0.4, -0.2) is 18.3 Å². The average Bonchev–Trinajstić information content (AvgIpc) is 2.70. The minimum absolute atomic E-state index is 0.0791. The molecule has 1 aliphatic heterocycles. The number of rotatable bonds is 5. The molecule has 0 spiro atoms. The van der Waals surface area contributed by atoms with E-state index in [1.165, 1.54) is 0 Å². The normalized spacial score (nSPS) is 20.2. The van der Waals surface area contributed by atoms with Gasteiger partial charge in [0, 0.05) is 40.1 Å². The second-order valence-electron chi connectivity index (χ2n) is 9.08. The number of anilines is 1. The zero-order valence-electron chi connectivity index (χ0n) is 18.2. The summed E-state index contributed by atoms with van der Waals surface area (Å²) in [7, 11) is 0. The van der Waals surface area contributed by atoms with Crippen molar-refractivity contribution in [3.8, 4) is 5.75 Å². The molecule has 166 valence electrons. The fourth-order valence-electron chi connectivity index (χ4n) is 4.62. The minimum atomic E-state index is -0.291. The number of carbonyl (C=O) groups is 2. The van der Waals surface area contributed by atoms with E-state index < -0.39 is 0 Å². The zero-order chi connectivity index (χ0) is 23.0. The van der Waals surface area contributed by atoms with Gasteiger partial charge in [-0.3, -0.25) is 14.5 Å². The second-order valence-corrected chi connectivity index (χ2v) is 9.96. The van der Waals surface area contributed by atoms with Crippen LogP contribution in [0.5, 0.6) is 5.75 Å². The highest BCUT2D eigenvalue weighted by Gasteiger charge is 2.44. The van der Waals surface area contributed by atoms with Gasteiger partial charge in [0.15, 0.2) is 5.78 Å². The lowest BCUT2D eigenvalue weighted by atomic mass is 9.69. The molecule has 2 aromatic rings. The van der Waals surface area contributed by atoms with Crippen molar-refractivity contribution in [2.45, 2.75) is 39.0 Å². The highest BCUT2D eigenvalue weighted by Crippen LogP contribution is 2.48. The van der Waals surface area contributed by atoms with Gasteiger partial charge in [-0.1, -0.05) is 61.8 Å². The molecular weight excluding hydrogens is 445 g/mol. The van der Waals surface area contributed by atoms with Crippen molar-refractivity contribution in [3.63, 3.8) is 0 Å². The summed E-state index contributed by atoms with van der Waals surface area (Å²) in [6.45, 7) is 8.18. The summed E-state index contributed by atoms with van der Waals surface area (Å²) in [5, 5.41) is 0.891. The Labute approximate surface area is 198 Å². The Hall–Kier alpha value is -2.56. The van der Waals surface area contributed by atoms with Gasteiger partial charge < -0.3 is 4.74 Å². The number of benzene rings is 2. The van der Waals surface area contributed by atoms with Crippen LogP contribution in [0.15, 0.2) is 66.4 Å². The molecule has 0 radical (unpaired) electrons. The van der Waals surface area contributed by atoms with Crippen LogP contribution in [0.2, 0.25) is 10.0 Å². The van der Waals surface area contributed by atoms with Crippen LogP contribution >= 0.6 is 23.2 Å². The maximum absolute atomic E-state index is 13.4. The number of carbonyl (C=O) groups excluding carboxylic acids is 2. The number of ketones is 1. The van der Waals surface area contributed by atoms with E-state index in [1.54, 1.807) is 29.2 Å². The van der Waals surface area contributed by atoms with Crippen LogP contribution in [0, 0.1) is 5.41 Å². The summed E-state index contributed by atoms with van der Waals surface area (Å²) in [5.74, 6) is 0.431. The van der Waals surface area contributed by atoms with Crippen LogP contribution in [-0.2, 0) is 9.59 Å². The highest BCUT2D eigenvalue weighted by atomic mass is 35.5. The van der Waals surface area contributed by atoms with E-state index >= 15 is 0 Å². The van der Waals surface area contributed by atoms with Gasteiger partial charge in [-0.05, 0) is 47.7 Å². The lowest BCUT2D eigenvalue weighted by Gasteiger charge is -2.43. The minimum Gasteiger partial charge on any atom is -0.490 e. The molecule has 0 bridgehead atoms. The van der Waals surface area contributed by atoms with Gasteiger partial charge in [-0.2, -0.15) is 0 Å². The first-order valence-corrected chi connectivity index (χ1v) is 11.3. The summed E-state index contributed by atoms with van der Waals surface area (Å²) in [6, 6.07) is 12.7. The van der Waals surface area contributed by atoms with Gasteiger partial charge in [-0.15, -0.1) is 0 Å². The summed E-state index contributed by atoms with van der Waals surface area (Å²) in [5.41, 5.74) is 2.73. The molecule has 0 saturated carbocycles. The third-order valence-electron chi connectivity index (χ3n) is 5.90. The van der Waals surface area contributed by atoms with E-state index in [4.69, 9.17) is 27.9 Å². The van der Waals surface area contributed by atoms with Crippen LogP contribution in [0.1, 0.15) is 44.6 Å². The van der Waals surface area contributed by atoms with Crippen molar-refractivity contribution >= 4 is 40.6 Å². The van der Waals surface area contributed by atoms with Gasteiger partial charge >= 0.3 is 0 Å². The first-order chi connectivity index (χ1) is 15.2. The van der Waals surface area contributed by atoms with E-state index in [0.29, 0.717) is 40.8 Å². The topological polar surface area (TPSA) is 46.6 Å². The molecule has 0 N–H and O–H groups in total. The molecule has 0 aromatic heterocycles. The van der Waals surface area contributed by atoms with E-state index in [-0.39, 0.29) is 29.4 Å². The molecule has 1 aliphatic carbocycles. The standard InChI is InChI=1S/C26H25Cl2NO3/c1-4-9-32-20-7-5-16(6-8-20)21-13-24(31)29(19-11-17(27)10-18(28)12-19)22-14-26(2,3)15-23(30)25(21)22/h4-8,10-12,21H,1,9,13-15H2,2-3H3. The Morgan fingerprint density at radius 2 is 1.75 bits per heavy atom. The fraction of sp³-hybridized carbons (Fsp3) is 0.308. The predicted molar refractivity (Wildman–Crippen MR) is 128 cm³/mol. The van der Waals surface area contributed by atoms with Gasteiger partial charge in [-0.25, -0.2) is 0 Å². The summed E-state index contributed by atoms with van der Waals surface area (Å²) >= 11 is 12.5. The smallest absolute Gasteiger partial charge is 0.232 e. The first-order valence-electron chi connectivity index (χ1n) is 10.6. The van der Waals surface area contributed by atoms with Gasteiger partial charge in [0.2, 0.25) is 5.91 Å². The molecule has 1 unspecified atom stereocenters. The molecule has 0 saturated heterocycles. The molecule has 6 heteroatoms. The summed E-state index contributed by atoms with van der Waals surface area (Å²) in [6.07, 6.45) is 2.94. The molecule has 1 atom stereocenters. The maximum Gasteiger partial charge on any atom is 0.232 e. The van der Waals surface area contributed by atoms with Gasteiger partial charge in [0.05, 0.1) is 5.69 Å². The fourth-order valence-corrected chi connectivity index (χ4v) is 5.13. The van der Waals surface area contributed by atoms with Crippen molar-refractivity contribution in [2.75, 3.05) is 11.5 Å². The quantitative estimate of drug-likeness (QED) is 0.456. The van der Waals surface area contributed by atoms with E-state index in [1.807, 2.05) is 24.3 Å². The Morgan fingerprint density at radius 3 is 2.38 bits per heavy atom. The van der Waals surface area contributed by atoms with Crippen molar-refractivity contribution in [2.24, 2.45) is 5.41 Å². The SMILES string of the molecule is C=CCOc1ccc(C2CC(=O)N(c3cc(Cl)cc(Cl)c3)C3=C2C(=O)CC(C)(C)C3)cc1. The molecule has 1 amide bonds. The first kappa shape index (κ1) is 22.6. The van der Waals surface area contributed by atoms with Gasteiger partial charge in [0.25, 0.3) is 0 Å². The summed E-state index contributed by atoms with van der Waals surface area (Å²) < 4.78 is 5.57. The van der Waals surface area contributed by atoms with Gasteiger partial charge in [0.1, 0.15) is 12.4 Å². The van der Waals surface area contributed by atoms with Crippen LogP contribution in [0.3, 0.4) is 0 Å². The number of amides is 1. The average molecular weight is 470 g/mol. The Bertz CT molecular complexity index is 1100. The summed E-state index contributed by atoms with van der Waals surface area (Å²) in [4.78, 5) is 28.5. The lowest BCUT2D eigenvalue weighted by molar-refractivity contribution is -0.121. The number of nitrogens with zero attached hydrogens (tertiary/aromatic N) is 1. The van der Waals surface area contributed by atoms with Crippen molar-refractivity contribution in [1.82, 2.24) is 0 Å². The van der Waals surface area contributed by atoms with Crippen LogP contribution < -0.4 is 9.64 Å². The Morgan fingerprint density at radius 1 is 1.09 bits per heavy atom. The van der Waals surface area contributed by atoms with Crippen molar-refractivity contribution in [1.29, 1.82) is 0 Å². The van der Waals surface area contributed by atoms with Crippen molar-refractivity contribution in [3.05, 3.63) is 82.0 Å². The monoisotopic (exact) mass is 469 g/mol. The largest absolute Gasteiger partial charge is 0.490 e. The van der Waals surface area contributed by atoms with E-state index in [0.717, 1.165) is 17.0 Å². The molecular formula is C26H25Cl2NO3. The Balaban J connectivity index is 1.81. The number of hydrogen-bond donors (Lipinski definition) is 0. The van der Waals surface area contributed by atoms with E-state index in [2.05, 4.69) is 20.4 Å². The third kappa shape index (κ3) is 4.48. The molecule has 2 aliphatic rings. The predicted octanol–water partition coefficient (Wildman–Crippen LogP) is 6.72.